The number of allylic oxidation sites excluding steroid dienone is 1. The fourth-order valence-electron chi connectivity index (χ4n) is 10.1. The van der Waals surface area contributed by atoms with Crippen molar-refractivity contribution in [2.24, 2.45) is 12.0 Å². The van der Waals surface area contributed by atoms with Gasteiger partial charge in [-0.15, -0.1) is 13.1 Å². The van der Waals surface area contributed by atoms with E-state index in [4.69, 9.17) is 33.3 Å². The summed E-state index contributed by atoms with van der Waals surface area (Å²) >= 11 is 13.2. The Hall–Kier alpha value is -4.66. The molecule has 0 saturated carbocycles. The number of likely N-dealkylation sites (N-methyl/N-ethyl adjacent to an activating group) is 1. The van der Waals surface area contributed by atoms with E-state index < -0.39 is 5.60 Å². The molecule has 0 aliphatic carbocycles. The van der Waals surface area contributed by atoms with Crippen LogP contribution < -0.4 is 62.0 Å². The average molecular weight is 1080 g/mol. The molecule has 2 aliphatic heterocycles. The summed E-state index contributed by atoms with van der Waals surface area (Å²) in [5.41, 5.74) is 9.44. The van der Waals surface area contributed by atoms with Gasteiger partial charge in [0.05, 0.1) is 45.4 Å². The van der Waals surface area contributed by atoms with Gasteiger partial charge in [0.1, 0.15) is 5.69 Å². The van der Waals surface area contributed by atoms with Crippen molar-refractivity contribution < 1.29 is 70.9 Å². The number of aliphatic hydroxyl groups is 1. The van der Waals surface area contributed by atoms with E-state index in [0.29, 0.717) is 106 Å². The van der Waals surface area contributed by atoms with Crippen molar-refractivity contribution in [2.45, 2.75) is 89.9 Å². The molecule has 0 spiro atoms. The summed E-state index contributed by atoms with van der Waals surface area (Å²) in [5, 5.41) is 33.7. The van der Waals surface area contributed by atoms with Crippen LogP contribution in [0, 0.1) is 0 Å². The fourth-order valence-corrected chi connectivity index (χ4v) is 10.5. The zero-order chi connectivity index (χ0) is 52.4. The number of likely N-dealkylation sites (tertiary alicyclic amines) is 1. The van der Waals surface area contributed by atoms with E-state index in [2.05, 4.69) is 80.8 Å². The Kier molecular flexibility index (Phi) is 21.0. The second kappa shape index (κ2) is 27.1. The standard InChI is InChI=1S/C56H69Cl2N12O4.K/c1-38(42-11-7-6-8-12-42)31-39(2)68-28-20-56(74,21-29-68)36-66(4)37-62-53-49(35-71)64-67(5)55(53)43-16-14-41(15-17-43)33-60-24-10-23-59-22-9-13-50(73)61-25-30-70-27-19-48(65-70)44-32-46(57)52(58)54-51(44)45-34-69(40(3)72)26-18-47(45)63-54;/h6-8,11-12,14-17,19,27,32,35,37-38,60,63,74H,2,9-10,13,18,20-26,28-31,33-34,36H2,1,3-5H3,(H,61,73);/q-1;+1. The van der Waals surface area contributed by atoms with Crippen LogP contribution in [0.15, 0.2) is 90.2 Å². The maximum absolute atomic E-state index is 12.6. The molecule has 75 heavy (non-hydrogen) atoms. The second-order valence-electron chi connectivity index (χ2n) is 19.8. The first-order valence-electron chi connectivity index (χ1n) is 25.7. The van der Waals surface area contributed by atoms with Crippen LogP contribution in [-0.2, 0) is 42.7 Å². The predicted molar refractivity (Wildman–Crippen MR) is 295 cm³/mol. The number of nitrogens with zero attached hydrogens (tertiary/aromatic N) is 9. The van der Waals surface area contributed by atoms with Crippen LogP contribution in [0.25, 0.3) is 38.7 Å². The van der Waals surface area contributed by atoms with Crippen molar-refractivity contribution in [3.8, 4) is 22.5 Å². The zero-order valence-corrected chi connectivity index (χ0v) is 48.7. The Morgan fingerprint density at radius 1 is 1.03 bits per heavy atom. The fraction of sp³-hybridized carbons (Fsp3) is 0.429. The van der Waals surface area contributed by atoms with Gasteiger partial charge in [0.25, 0.3) is 0 Å². The normalized spacial score (nSPS) is 14.7. The van der Waals surface area contributed by atoms with Crippen molar-refractivity contribution in [3.63, 3.8) is 0 Å². The Bertz CT molecular complexity index is 2950. The number of piperidine rings is 1. The summed E-state index contributed by atoms with van der Waals surface area (Å²) in [5.74, 6) is 0.384. The van der Waals surface area contributed by atoms with Crippen molar-refractivity contribution in [1.82, 2.24) is 49.9 Å². The summed E-state index contributed by atoms with van der Waals surface area (Å²) in [4.78, 5) is 51.2. The van der Waals surface area contributed by atoms with E-state index in [9.17, 15) is 19.5 Å². The molecule has 5 heterocycles. The molecule has 392 valence electrons. The smallest absolute Gasteiger partial charge is 0.662 e. The van der Waals surface area contributed by atoms with Gasteiger partial charge in [0.2, 0.25) is 11.8 Å². The molecule has 4 N–H and O–H groups in total. The Labute approximate surface area is 493 Å². The quantitative estimate of drug-likeness (QED) is 0.0185. The number of aryl methyl sites for hydroxylation is 1. The largest absolute Gasteiger partial charge is 1.00 e. The topological polar surface area (TPSA) is 183 Å². The number of aldehydes is 1. The number of aromatic nitrogens is 5. The molecule has 8 rings (SSSR count). The second-order valence-corrected chi connectivity index (χ2v) is 20.6. The first-order chi connectivity index (χ1) is 35.7. The number of halogens is 2. The van der Waals surface area contributed by atoms with Crippen molar-refractivity contribution >= 4 is 64.2 Å². The van der Waals surface area contributed by atoms with E-state index in [1.54, 1.807) is 22.6 Å². The minimum absolute atomic E-state index is 0. The van der Waals surface area contributed by atoms with Gasteiger partial charge in [-0.25, -0.2) is 4.99 Å². The monoisotopic (exact) mass is 1080 g/mol. The van der Waals surface area contributed by atoms with Crippen LogP contribution in [0.4, 0.5) is 5.69 Å². The van der Waals surface area contributed by atoms with Gasteiger partial charge in [0, 0.05) is 119 Å². The maximum Gasteiger partial charge on any atom is 1.00 e. The van der Waals surface area contributed by atoms with Crippen LogP contribution in [0.3, 0.4) is 0 Å². The zero-order valence-electron chi connectivity index (χ0n) is 44.0. The van der Waals surface area contributed by atoms with Crippen LogP contribution in [-0.4, -0.2) is 134 Å². The Balaban J connectivity index is 0.00000820. The number of hydrogen-bond acceptors (Lipinski definition) is 9. The third-order valence-electron chi connectivity index (χ3n) is 14.3. The maximum atomic E-state index is 12.6. The van der Waals surface area contributed by atoms with Gasteiger partial charge in [-0.05, 0) is 55.0 Å². The van der Waals surface area contributed by atoms with Crippen LogP contribution >= 0.6 is 23.2 Å². The number of rotatable bonds is 24. The third-order valence-corrected chi connectivity index (χ3v) is 15.0. The number of aliphatic imine (C=N–C) groups is 1. The van der Waals surface area contributed by atoms with E-state index in [0.717, 1.165) is 94.7 Å². The van der Waals surface area contributed by atoms with E-state index in [1.807, 2.05) is 60.4 Å². The summed E-state index contributed by atoms with van der Waals surface area (Å²) < 4.78 is 3.49. The molecular formula is C56H69Cl2KN12O4. The summed E-state index contributed by atoms with van der Waals surface area (Å²) in [7, 11) is 3.70. The minimum Gasteiger partial charge on any atom is -0.662 e. The molecule has 1 saturated heterocycles. The van der Waals surface area contributed by atoms with Gasteiger partial charge in [0.15, 0.2) is 12.0 Å². The molecule has 16 nitrogen and oxygen atoms in total. The molecule has 2 aliphatic rings. The molecule has 1 unspecified atom stereocenters. The molecule has 3 aromatic heterocycles. The van der Waals surface area contributed by atoms with Gasteiger partial charge in [-0.3, -0.25) is 23.7 Å². The van der Waals surface area contributed by atoms with Gasteiger partial charge in [-0.1, -0.05) is 104 Å². The van der Waals surface area contributed by atoms with Gasteiger partial charge in [-0.2, -0.15) is 10.2 Å². The molecule has 6 aromatic rings. The number of benzene rings is 3. The number of amides is 2. The van der Waals surface area contributed by atoms with Crippen molar-refractivity contribution in [1.29, 1.82) is 0 Å². The SMILES string of the molecule is C=C(CC(C)c1ccccc1)N1CCC(O)(CN(C)C=Nc2c(C=O)nn(C)c2-c2ccc(CNCCC[N-]CCCC(=O)NCCn3ccc(-c4cc(Cl)c(Cl)c5[nH]c6c(c45)CN(C(C)=O)CC6)n3)cc2)CC1.[K+]. The molecule has 3 aromatic carbocycles. The molecule has 0 bridgehead atoms. The molecule has 2 amide bonds. The van der Waals surface area contributed by atoms with Crippen LogP contribution in [0.2, 0.25) is 10.0 Å². The molecule has 1 fully saturated rings. The first kappa shape index (κ1) is 58.0. The molecule has 1 atom stereocenters. The Morgan fingerprint density at radius 3 is 2.51 bits per heavy atom. The van der Waals surface area contributed by atoms with E-state index in [1.165, 1.54) is 5.56 Å². The first-order valence-corrected chi connectivity index (χ1v) is 26.4. The summed E-state index contributed by atoms with van der Waals surface area (Å²) in [6, 6.07) is 22.4. The van der Waals surface area contributed by atoms with E-state index >= 15 is 0 Å². The van der Waals surface area contributed by atoms with E-state index in [-0.39, 0.29) is 68.9 Å². The molecular weight excluding hydrogens is 1010 g/mol. The average Bonchev–Trinajstić information content (AvgIpc) is 4.13. The van der Waals surface area contributed by atoms with Crippen LogP contribution in [0.1, 0.15) is 91.2 Å². The number of H-pyrrole nitrogens is 1. The predicted octanol–water partition coefficient (Wildman–Crippen LogP) is 6.04. The number of nitrogens with one attached hydrogen (secondary N) is 3. The molecule has 0 radical (unpaired) electrons. The van der Waals surface area contributed by atoms with Crippen molar-refractivity contribution in [2.75, 3.05) is 59.4 Å². The number of aromatic amines is 1. The number of carbonyl (C=O) groups excluding carboxylic acids is 3. The van der Waals surface area contributed by atoms with Crippen molar-refractivity contribution in [3.05, 3.63) is 129 Å². The number of hydrogen-bond donors (Lipinski definition) is 4. The summed E-state index contributed by atoms with van der Waals surface area (Å²) in [6.45, 7) is 15.0. The van der Waals surface area contributed by atoms with Crippen LogP contribution in [0.5, 0.6) is 0 Å². The number of carbonyl (C=O) groups is 3. The van der Waals surface area contributed by atoms with Gasteiger partial charge < -0.3 is 40.7 Å². The Morgan fingerprint density at radius 2 is 1.77 bits per heavy atom. The molecule has 19 heteroatoms. The minimum atomic E-state index is -0.872. The number of fused-ring (bicyclic) bond motifs is 3. The summed E-state index contributed by atoms with van der Waals surface area (Å²) in [6.07, 6.45) is 9.08. The third kappa shape index (κ3) is 14.9. The van der Waals surface area contributed by atoms with Gasteiger partial charge >= 0.3 is 51.4 Å².